The second-order valence-corrected chi connectivity index (χ2v) is 5.02. The Morgan fingerprint density at radius 2 is 1.89 bits per heavy atom. The molecule has 2 aliphatic heterocycles. The maximum absolute atomic E-state index is 10.2. The number of benzene rings is 1. The minimum Gasteiger partial charge on any atom is -0.390 e. The molecule has 2 aliphatic rings. The van der Waals surface area contributed by atoms with E-state index in [1.807, 2.05) is 37.3 Å². The second kappa shape index (κ2) is 4.97. The Morgan fingerprint density at radius 3 is 2.67 bits per heavy atom. The molecule has 18 heavy (non-hydrogen) atoms. The molecule has 0 bridgehead atoms. The van der Waals surface area contributed by atoms with Gasteiger partial charge in [0.25, 0.3) is 0 Å². The van der Waals surface area contributed by atoms with Crippen LogP contribution in [0.25, 0.3) is 0 Å². The summed E-state index contributed by atoms with van der Waals surface area (Å²) in [6.07, 6.45) is -1.35. The van der Waals surface area contributed by atoms with Gasteiger partial charge in [-0.15, -0.1) is 0 Å². The smallest absolute Gasteiger partial charge is 0.184 e. The lowest BCUT2D eigenvalue weighted by atomic mass is 9.93. The molecule has 4 heteroatoms. The molecule has 5 atom stereocenters. The molecule has 3 rings (SSSR count). The van der Waals surface area contributed by atoms with Gasteiger partial charge in [-0.2, -0.15) is 0 Å². The van der Waals surface area contributed by atoms with E-state index in [4.69, 9.17) is 14.2 Å². The van der Waals surface area contributed by atoms with E-state index in [0.29, 0.717) is 13.2 Å². The first kappa shape index (κ1) is 12.1. The summed E-state index contributed by atoms with van der Waals surface area (Å²) in [4.78, 5) is 0. The summed E-state index contributed by atoms with van der Waals surface area (Å²) in [6.45, 7) is 3.00. The van der Waals surface area contributed by atoms with E-state index in [1.54, 1.807) is 0 Å². The monoisotopic (exact) mass is 250 g/mol. The molecule has 0 radical (unpaired) electrons. The van der Waals surface area contributed by atoms with Gasteiger partial charge in [0.2, 0.25) is 0 Å². The zero-order valence-electron chi connectivity index (χ0n) is 10.4. The van der Waals surface area contributed by atoms with Crippen molar-refractivity contribution in [3.05, 3.63) is 35.9 Å². The van der Waals surface area contributed by atoms with Crippen LogP contribution in [-0.2, 0) is 14.2 Å². The van der Waals surface area contributed by atoms with Crippen LogP contribution in [0.5, 0.6) is 0 Å². The number of fused-ring (bicyclic) bond motifs is 1. The van der Waals surface area contributed by atoms with Gasteiger partial charge in [-0.3, -0.25) is 0 Å². The Kier molecular flexibility index (Phi) is 3.35. The highest BCUT2D eigenvalue weighted by Gasteiger charge is 2.43. The third-order valence-electron chi connectivity index (χ3n) is 3.62. The van der Waals surface area contributed by atoms with E-state index < -0.39 is 12.4 Å². The second-order valence-electron chi connectivity index (χ2n) is 5.02. The van der Waals surface area contributed by atoms with Crippen LogP contribution in [0.3, 0.4) is 0 Å². The maximum Gasteiger partial charge on any atom is 0.184 e. The Morgan fingerprint density at radius 1 is 1.11 bits per heavy atom. The van der Waals surface area contributed by atoms with Crippen molar-refractivity contribution >= 4 is 0 Å². The van der Waals surface area contributed by atoms with Crippen LogP contribution in [0.15, 0.2) is 30.3 Å². The van der Waals surface area contributed by atoms with Crippen molar-refractivity contribution in [2.75, 3.05) is 13.2 Å². The van der Waals surface area contributed by atoms with Crippen molar-refractivity contribution in [1.29, 1.82) is 0 Å². The Hall–Kier alpha value is -0.940. The van der Waals surface area contributed by atoms with Gasteiger partial charge in [0, 0.05) is 11.5 Å². The normalized spacial score (nSPS) is 40.2. The summed E-state index contributed by atoms with van der Waals surface area (Å²) in [5, 5.41) is 10.2. The van der Waals surface area contributed by atoms with Gasteiger partial charge in [0.15, 0.2) is 6.29 Å². The molecule has 1 aromatic rings. The fourth-order valence-corrected chi connectivity index (χ4v) is 2.47. The van der Waals surface area contributed by atoms with Gasteiger partial charge in [-0.1, -0.05) is 37.3 Å². The molecule has 0 amide bonds. The van der Waals surface area contributed by atoms with E-state index in [2.05, 4.69) is 0 Å². The van der Waals surface area contributed by atoms with Crippen molar-refractivity contribution in [1.82, 2.24) is 0 Å². The Labute approximate surface area is 106 Å². The lowest BCUT2D eigenvalue weighted by Crippen LogP contribution is -2.55. The summed E-state index contributed by atoms with van der Waals surface area (Å²) in [5.74, 6) is 0.0979. The number of aliphatic hydroxyl groups is 1. The molecule has 4 unspecified atom stereocenters. The molecule has 0 saturated carbocycles. The molecule has 1 aromatic carbocycles. The number of aliphatic hydroxyl groups excluding tert-OH is 1. The van der Waals surface area contributed by atoms with Crippen LogP contribution < -0.4 is 0 Å². The number of ether oxygens (including phenoxy) is 3. The van der Waals surface area contributed by atoms with Crippen molar-refractivity contribution < 1.29 is 19.3 Å². The average Bonchev–Trinajstić information content (AvgIpc) is 2.44. The fourth-order valence-electron chi connectivity index (χ4n) is 2.47. The van der Waals surface area contributed by atoms with Crippen molar-refractivity contribution in [2.24, 2.45) is 5.92 Å². The summed E-state index contributed by atoms with van der Waals surface area (Å²) in [6, 6.07) is 9.78. The number of hydrogen-bond donors (Lipinski definition) is 1. The zero-order chi connectivity index (χ0) is 12.5. The molecule has 1 N–H and O–H groups in total. The highest BCUT2D eigenvalue weighted by Crippen LogP contribution is 2.33. The van der Waals surface area contributed by atoms with Crippen LogP contribution in [0, 0.1) is 5.92 Å². The highest BCUT2D eigenvalue weighted by molar-refractivity contribution is 5.16. The van der Waals surface area contributed by atoms with E-state index in [9.17, 15) is 5.11 Å². The molecule has 0 spiro atoms. The minimum absolute atomic E-state index is 0.0979. The standard InChI is InChI=1S/C14H18O4/c1-9-7-16-11-8-17-14(18-13(11)12(9)15)10-5-3-2-4-6-10/h2-6,9,11-15H,7-8H2,1H3/t9?,11?,12-,13?,14?/m0/s1. The quantitative estimate of drug-likeness (QED) is 0.820. The van der Waals surface area contributed by atoms with Gasteiger partial charge < -0.3 is 19.3 Å². The van der Waals surface area contributed by atoms with Crippen LogP contribution >= 0.6 is 0 Å². The summed E-state index contributed by atoms with van der Waals surface area (Å²) in [7, 11) is 0. The van der Waals surface area contributed by atoms with Crippen LogP contribution in [0.2, 0.25) is 0 Å². The van der Waals surface area contributed by atoms with Gasteiger partial charge in [0.1, 0.15) is 12.2 Å². The van der Waals surface area contributed by atoms with E-state index in [-0.39, 0.29) is 18.1 Å². The van der Waals surface area contributed by atoms with Crippen LogP contribution in [-0.4, -0.2) is 36.6 Å². The average molecular weight is 250 g/mol. The first-order valence-electron chi connectivity index (χ1n) is 6.37. The molecule has 2 saturated heterocycles. The maximum atomic E-state index is 10.2. The van der Waals surface area contributed by atoms with Gasteiger partial charge in [-0.25, -0.2) is 0 Å². The lowest BCUT2D eigenvalue weighted by molar-refractivity contribution is -0.307. The largest absolute Gasteiger partial charge is 0.390 e. The van der Waals surface area contributed by atoms with Gasteiger partial charge in [0.05, 0.1) is 19.3 Å². The molecule has 4 nitrogen and oxygen atoms in total. The van der Waals surface area contributed by atoms with Crippen molar-refractivity contribution in [2.45, 2.75) is 31.5 Å². The predicted molar refractivity (Wildman–Crippen MR) is 64.9 cm³/mol. The van der Waals surface area contributed by atoms with Gasteiger partial charge in [-0.05, 0) is 0 Å². The Balaban J connectivity index is 1.75. The SMILES string of the molecule is CC1COC2COC(c3ccccc3)OC2[C@H]1O. The third-order valence-corrected chi connectivity index (χ3v) is 3.62. The summed E-state index contributed by atoms with van der Waals surface area (Å²) >= 11 is 0. The van der Waals surface area contributed by atoms with Crippen molar-refractivity contribution in [3.8, 4) is 0 Å². The number of hydrogen-bond acceptors (Lipinski definition) is 4. The minimum atomic E-state index is -0.487. The molecule has 98 valence electrons. The van der Waals surface area contributed by atoms with E-state index in [1.165, 1.54) is 0 Å². The topological polar surface area (TPSA) is 47.9 Å². The Bertz CT molecular complexity index is 392. The van der Waals surface area contributed by atoms with Crippen LogP contribution in [0.4, 0.5) is 0 Å². The molecular weight excluding hydrogens is 232 g/mol. The van der Waals surface area contributed by atoms with E-state index in [0.717, 1.165) is 5.56 Å². The summed E-state index contributed by atoms with van der Waals surface area (Å²) in [5.41, 5.74) is 0.973. The molecule has 0 aliphatic carbocycles. The van der Waals surface area contributed by atoms with Crippen LogP contribution in [0.1, 0.15) is 18.8 Å². The van der Waals surface area contributed by atoms with Crippen molar-refractivity contribution in [3.63, 3.8) is 0 Å². The molecule has 2 fully saturated rings. The third kappa shape index (κ3) is 2.17. The molecular formula is C14H18O4. The first-order chi connectivity index (χ1) is 8.75. The zero-order valence-corrected chi connectivity index (χ0v) is 10.4. The number of rotatable bonds is 1. The lowest BCUT2D eigenvalue weighted by Gasteiger charge is -2.44. The highest BCUT2D eigenvalue weighted by atomic mass is 16.7. The fraction of sp³-hybridized carbons (Fsp3) is 0.571. The van der Waals surface area contributed by atoms with Gasteiger partial charge >= 0.3 is 0 Å². The molecule has 2 heterocycles. The summed E-state index contributed by atoms with van der Waals surface area (Å²) < 4.78 is 17.2. The van der Waals surface area contributed by atoms with E-state index >= 15 is 0 Å². The predicted octanol–water partition coefficient (Wildman–Crippen LogP) is 1.50. The first-order valence-corrected chi connectivity index (χ1v) is 6.37. The molecule has 0 aromatic heterocycles.